The number of hydrogen-bond acceptors (Lipinski definition) is 4. The number of rotatable bonds is 5. The Kier molecular flexibility index (Phi) is 5.07. The second-order valence-corrected chi connectivity index (χ2v) is 4.44. The first kappa shape index (κ1) is 17.4. The molecule has 1 aromatic rings. The smallest absolute Gasteiger partial charge is 0.416 e. The number of nitro benzene ring substituents is 1. The molecule has 0 aliphatic rings. The number of amides is 1. The van der Waals surface area contributed by atoms with E-state index in [-0.39, 0.29) is 12.6 Å². The molecule has 0 radical (unpaired) electrons. The van der Waals surface area contributed by atoms with E-state index in [0.29, 0.717) is 12.1 Å². The van der Waals surface area contributed by atoms with Crippen LogP contribution >= 0.6 is 0 Å². The van der Waals surface area contributed by atoms with E-state index in [0.717, 1.165) is 0 Å². The van der Waals surface area contributed by atoms with Gasteiger partial charge in [-0.3, -0.25) is 19.7 Å². The third kappa shape index (κ3) is 4.17. The van der Waals surface area contributed by atoms with Crippen LogP contribution < -0.4 is 5.32 Å². The van der Waals surface area contributed by atoms with Gasteiger partial charge in [-0.2, -0.15) is 13.2 Å². The number of hydrogen-bond donors (Lipinski definition) is 2. The largest absolute Gasteiger partial charge is 0.481 e. The minimum absolute atomic E-state index is 0.259. The molecule has 0 aromatic heterocycles. The number of nitrogens with zero attached hydrogens (tertiary/aromatic N) is 1. The number of aliphatic carboxylic acids is 1. The molecule has 1 amide bonds. The fourth-order valence-electron chi connectivity index (χ4n) is 1.48. The van der Waals surface area contributed by atoms with Crippen LogP contribution in [0.25, 0.3) is 0 Å². The zero-order valence-corrected chi connectivity index (χ0v) is 11.2. The summed E-state index contributed by atoms with van der Waals surface area (Å²) in [6, 6.07) is 1.49. The van der Waals surface area contributed by atoms with Crippen molar-refractivity contribution in [3.63, 3.8) is 0 Å². The van der Waals surface area contributed by atoms with Crippen LogP contribution in [-0.4, -0.2) is 28.5 Å². The fourth-order valence-corrected chi connectivity index (χ4v) is 1.48. The molecule has 7 nitrogen and oxygen atoms in total. The first-order valence-corrected chi connectivity index (χ1v) is 5.90. The van der Waals surface area contributed by atoms with Gasteiger partial charge in [0.25, 0.3) is 11.6 Å². The predicted molar refractivity (Wildman–Crippen MR) is 67.2 cm³/mol. The second kappa shape index (κ2) is 6.41. The summed E-state index contributed by atoms with van der Waals surface area (Å²) in [5, 5.41) is 21.6. The van der Waals surface area contributed by atoms with Gasteiger partial charge in [-0.25, -0.2) is 0 Å². The van der Waals surface area contributed by atoms with E-state index >= 15 is 0 Å². The summed E-state index contributed by atoms with van der Waals surface area (Å²) >= 11 is 0. The lowest BCUT2D eigenvalue weighted by atomic mass is 10.1. The van der Waals surface area contributed by atoms with Gasteiger partial charge in [-0.05, 0) is 12.1 Å². The summed E-state index contributed by atoms with van der Waals surface area (Å²) in [5.74, 6) is -3.16. The van der Waals surface area contributed by atoms with Crippen molar-refractivity contribution in [2.45, 2.75) is 13.1 Å². The molecule has 0 aliphatic heterocycles. The number of nitrogens with one attached hydrogen (secondary N) is 1. The van der Waals surface area contributed by atoms with Crippen molar-refractivity contribution in [2.75, 3.05) is 6.54 Å². The monoisotopic (exact) mass is 320 g/mol. The highest BCUT2D eigenvalue weighted by molar-refractivity contribution is 5.98. The number of carbonyl (C=O) groups is 2. The highest BCUT2D eigenvalue weighted by atomic mass is 19.4. The molecule has 120 valence electrons. The van der Waals surface area contributed by atoms with Crippen LogP contribution in [0.2, 0.25) is 0 Å². The predicted octanol–water partition coefficient (Wildman–Crippen LogP) is 2.06. The second-order valence-electron chi connectivity index (χ2n) is 4.44. The Bertz CT molecular complexity index is 615. The van der Waals surface area contributed by atoms with Gasteiger partial charge in [-0.1, -0.05) is 6.92 Å². The Hall–Kier alpha value is -2.65. The quantitative estimate of drug-likeness (QED) is 0.637. The molecule has 10 heteroatoms. The zero-order chi connectivity index (χ0) is 17.1. The van der Waals surface area contributed by atoms with E-state index in [1.54, 1.807) is 0 Å². The van der Waals surface area contributed by atoms with Crippen LogP contribution in [0.3, 0.4) is 0 Å². The minimum atomic E-state index is -4.78. The molecule has 0 fully saturated rings. The lowest BCUT2D eigenvalue weighted by molar-refractivity contribution is -0.385. The molecule has 0 heterocycles. The Morgan fingerprint density at radius 2 is 2.00 bits per heavy atom. The van der Waals surface area contributed by atoms with Gasteiger partial charge in [0.1, 0.15) is 5.56 Å². The molecule has 0 saturated heterocycles. The molecule has 1 unspecified atom stereocenters. The molecule has 2 N–H and O–H groups in total. The Morgan fingerprint density at radius 1 is 1.41 bits per heavy atom. The van der Waals surface area contributed by atoms with E-state index in [9.17, 15) is 32.9 Å². The molecule has 0 bridgehead atoms. The van der Waals surface area contributed by atoms with Gasteiger partial charge in [-0.15, -0.1) is 0 Å². The molecular formula is C12H11F3N2O5. The van der Waals surface area contributed by atoms with E-state index in [4.69, 9.17) is 5.11 Å². The van der Waals surface area contributed by atoms with Crippen LogP contribution in [0.15, 0.2) is 18.2 Å². The third-order valence-corrected chi connectivity index (χ3v) is 2.76. The van der Waals surface area contributed by atoms with Crippen molar-refractivity contribution < 1.29 is 32.8 Å². The third-order valence-electron chi connectivity index (χ3n) is 2.76. The average Bonchev–Trinajstić information content (AvgIpc) is 2.42. The van der Waals surface area contributed by atoms with Crippen molar-refractivity contribution >= 4 is 17.6 Å². The van der Waals surface area contributed by atoms with Crippen LogP contribution in [0, 0.1) is 16.0 Å². The highest BCUT2D eigenvalue weighted by Gasteiger charge is 2.34. The maximum absolute atomic E-state index is 12.5. The van der Waals surface area contributed by atoms with Crippen LogP contribution in [0.4, 0.5) is 18.9 Å². The van der Waals surface area contributed by atoms with Gasteiger partial charge >= 0.3 is 12.1 Å². The maximum atomic E-state index is 12.5. The molecule has 0 spiro atoms. The van der Waals surface area contributed by atoms with Crippen molar-refractivity contribution in [1.29, 1.82) is 0 Å². The van der Waals surface area contributed by atoms with Crippen molar-refractivity contribution in [2.24, 2.45) is 5.92 Å². The molecule has 1 aromatic carbocycles. The lowest BCUT2D eigenvalue weighted by Gasteiger charge is -2.10. The number of halogens is 3. The Balaban J connectivity index is 3.06. The molecule has 22 heavy (non-hydrogen) atoms. The van der Waals surface area contributed by atoms with E-state index in [2.05, 4.69) is 5.32 Å². The summed E-state index contributed by atoms with van der Waals surface area (Å²) in [4.78, 5) is 32.1. The van der Waals surface area contributed by atoms with Crippen molar-refractivity contribution in [3.05, 3.63) is 39.4 Å². The Labute approximate surface area is 121 Å². The van der Waals surface area contributed by atoms with E-state index in [1.165, 1.54) is 6.92 Å². The summed E-state index contributed by atoms with van der Waals surface area (Å²) in [7, 11) is 0. The van der Waals surface area contributed by atoms with Gasteiger partial charge < -0.3 is 10.4 Å². The molecular weight excluding hydrogens is 309 g/mol. The van der Waals surface area contributed by atoms with Crippen molar-refractivity contribution in [3.8, 4) is 0 Å². The first-order chi connectivity index (χ1) is 10.0. The molecule has 1 atom stereocenters. The summed E-state index contributed by atoms with van der Waals surface area (Å²) in [6.45, 7) is 0.982. The van der Waals surface area contributed by atoms with E-state index in [1.807, 2.05) is 0 Å². The number of carboxylic acid groups (broad SMARTS) is 1. The van der Waals surface area contributed by atoms with Gasteiger partial charge in [0.15, 0.2) is 0 Å². The van der Waals surface area contributed by atoms with Crippen LogP contribution in [0.5, 0.6) is 0 Å². The number of alkyl halides is 3. The summed E-state index contributed by atoms with van der Waals surface area (Å²) < 4.78 is 37.6. The van der Waals surface area contributed by atoms with Crippen molar-refractivity contribution in [1.82, 2.24) is 5.32 Å². The zero-order valence-electron chi connectivity index (χ0n) is 11.2. The standard InChI is InChI=1S/C12H11F3N2O5/c1-6(11(19)20)5-16-10(18)8-3-2-7(12(13,14)15)4-9(8)17(21)22/h2-4,6H,5H2,1H3,(H,16,18)(H,19,20). The van der Waals surface area contributed by atoms with Gasteiger partial charge in [0.2, 0.25) is 0 Å². The number of carboxylic acids is 1. The lowest BCUT2D eigenvalue weighted by Crippen LogP contribution is -2.31. The number of carbonyl (C=O) groups excluding carboxylic acids is 1. The minimum Gasteiger partial charge on any atom is -0.481 e. The Morgan fingerprint density at radius 3 is 2.45 bits per heavy atom. The fraction of sp³-hybridized carbons (Fsp3) is 0.333. The first-order valence-electron chi connectivity index (χ1n) is 5.90. The summed E-state index contributed by atoms with van der Waals surface area (Å²) in [5.41, 5.74) is -2.83. The normalized spacial score (nSPS) is 12.5. The van der Waals surface area contributed by atoms with Crippen LogP contribution in [-0.2, 0) is 11.0 Å². The van der Waals surface area contributed by atoms with Gasteiger partial charge in [0, 0.05) is 12.6 Å². The van der Waals surface area contributed by atoms with Crippen LogP contribution in [0.1, 0.15) is 22.8 Å². The van der Waals surface area contributed by atoms with Gasteiger partial charge in [0.05, 0.1) is 16.4 Å². The maximum Gasteiger partial charge on any atom is 0.416 e. The molecule has 1 rings (SSSR count). The highest BCUT2D eigenvalue weighted by Crippen LogP contribution is 2.32. The SMILES string of the molecule is CC(CNC(=O)c1ccc(C(F)(F)F)cc1[N+](=O)[O-])C(=O)O. The van der Waals surface area contributed by atoms with E-state index < -0.39 is 45.7 Å². The topological polar surface area (TPSA) is 110 Å². The number of nitro groups is 1. The number of benzene rings is 1. The molecule has 0 saturated carbocycles. The molecule has 0 aliphatic carbocycles. The summed E-state index contributed by atoms with van der Waals surface area (Å²) in [6.07, 6.45) is -4.78. The average molecular weight is 320 g/mol.